The maximum Gasteiger partial charge on any atom is 0.137 e. The first-order chi connectivity index (χ1) is 9.20. The summed E-state index contributed by atoms with van der Waals surface area (Å²) < 4.78 is 5.64. The fourth-order valence-corrected chi connectivity index (χ4v) is 3.00. The van der Waals surface area contributed by atoms with Gasteiger partial charge in [-0.15, -0.1) is 0 Å². The normalized spacial score (nSPS) is 25.0. The van der Waals surface area contributed by atoms with E-state index in [1.54, 1.807) is 6.20 Å². The zero-order valence-corrected chi connectivity index (χ0v) is 12.1. The summed E-state index contributed by atoms with van der Waals surface area (Å²) in [7, 11) is 0. The van der Waals surface area contributed by atoms with Crippen molar-refractivity contribution in [1.29, 1.82) is 0 Å². The van der Waals surface area contributed by atoms with Gasteiger partial charge in [0.15, 0.2) is 0 Å². The Morgan fingerprint density at radius 3 is 3.00 bits per heavy atom. The number of nitrogens with two attached hydrogens (primary N) is 1. The summed E-state index contributed by atoms with van der Waals surface area (Å²) in [5, 5.41) is 0. The standard InChI is InChI=1S/C16H26N2O/c1-3-7-19-15-9-14(10-18-11-15)16(17)13-6-4-5-12(2)8-13/h9-13,16H,3-8,17H2,1-2H3. The lowest BCUT2D eigenvalue weighted by Crippen LogP contribution is -2.26. The van der Waals surface area contributed by atoms with E-state index in [0.717, 1.165) is 30.3 Å². The zero-order valence-electron chi connectivity index (χ0n) is 12.1. The summed E-state index contributed by atoms with van der Waals surface area (Å²) in [6.07, 6.45) is 9.81. The van der Waals surface area contributed by atoms with Gasteiger partial charge in [-0.3, -0.25) is 4.98 Å². The average molecular weight is 262 g/mol. The smallest absolute Gasteiger partial charge is 0.137 e. The van der Waals surface area contributed by atoms with E-state index < -0.39 is 0 Å². The lowest BCUT2D eigenvalue weighted by Gasteiger charge is -2.31. The van der Waals surface area contributed by atoms with Crippen molar-refractivity contribution >= 4 is 0 Å². The SMILES string of the molecule is CCCOc1cncc(C(N)C2CCCC(C)C2)c1. The van der Waals surface area contributed by atoms with Crippen LogP contribution in [0.4, 0.5) is 0 Å². The van der Waals surface area contributed by atoms with Crippen LogP contribution in [0, 0.1) is 11.8 Å². The van der Waals surface area contributed by atoms with Gasteiger partial charge in [-0.1, -0.05) is 26.7 Å². The quantitative estimate of drug-likeness (QED) is 0.880. The maximum absolute atomic E-state index is 6.43. The van der Waals surface area contributed by atoms with Crippen LogP contribution in [0.15, 0.2) is 18.5 Å². The molecule has 2 N–H and O–H groups in total. The topological polar surface area (TPSA) is 48.1 Å². The van der Waals surface area contributed by atoms with Crippen LogP contribution in [0.25, 0.3) is 0 Å². The predicted octanol–water partition coefficient (Wildman–Crippen LogP) is 3.70. The molecular formula is C16H26N2O. The van der Waals surface area contributed by atoms with Crippen molar-refractivity contribution in [1.82, 2.24) is 4.98 Å². The van der Waals surface area contributed by atoms with Crippen LogP contribution in [-0.4, -0.2) is 11.6 Å². The summed E-state index contributed by atoms with van der Waals surface area (Å²) in [6, 6.07) is 2.16. The molecule has 1 aliphatic rings. The van der Waals surface area contributed by atoms with Crippen molar-refractivity contribution in [2.24, 2.45) is 17.6 Å². The predicted molar refractivity (Wildman–Crippen MR) is 78.1 cm³/mol. The molecule has 1 aliphatic carbocycles. The Morgan fingerprint density at radius 2 is 2.26 bits per heavy atom. The van der Waals surface area contributed by atoms with Crippen LogP contribution < -0.4 is 10.5 Å². The largest absolute Gasteiger partial charge is 0.492 e. The van der Waals surface area contributed by atoms with Crippen molar-refractivity contribution in [3.05, 3.63) is 24.0 Å². The Kier molecular flexibility index (Phi) is 5.20. The van der Waals surface area contributed by atoms with Crippen LogP contribution in [-0.2, 0) is 0 Å². The molecule has 0 amide bonds. The summed E-state index contributed by atoms with van der Waals surface area (Å²) in [5.74, 6) is 2.24. The molecule has 1 aromatic heterocycles. The molecule has 0 aromatic carbocycles. The molecule has 106 valence electrons. The Labute approximate surface area is 116 Å². The monoisotopic (exact) mass is 262 g/mol. The molecule has 0 aliphatic heterocycles. The lowest BCUT2D eigenvalue weighted by atomic mass is 9.77. The second kappa shape index (κ2) is 6.90. The fraction of sp³-hybridized carbons (Fsp3) is 0.688. The minimum absolute atomic E-state index is 0.0976. The summed E-state index contributed by atoms with van der Waals surface area (Å²) in [6.45, 7) is 5.17. The van der Waals surface area contributed by atoms with Gasteiger partial charge in [-0.25, -0.2) is 0 Å². The van der Waals surface area contributed by atoms with Crippen molar-refractivity contribution in [3.63, 3.8) is 0 Å². The van der Waals surface area contributed by atoms with E-state index in [0.29, 0.717) is 5.92 Å². The maximum atomic E-state index is 6.43. The van der Waals surface area contributed by atoms with Gasteiger partial charge in [0.2, 0.25) is 0 Å². The third-order valence-corrected chi connectivity index (χ3v) is 4.08. The van der Waals surface area contributed by atoms with E-state index in [2.05, 4.69) is 24.9 Å². The van der Waals surface area contributed by atoms with Crippen LogP contribution in [0.5, 0.6) is 5.75 Å². The van der Waals surface area contributed by atoms with E-state index in [-0.39, 0.29) is 6.04 Å². The third kappa shape index (κ3) is 3.93. The molecule has 0 spiro atoms. The first-order valence-corrected chi connectivity index (χ1v) is 7.54. The highest BCUT2D eigenvalue weighted by molar-refractivity contribution is 5.26. The van der Waals surface area contributed by atoms with Gasteiger partial charge in [0, 0.05) is 12.2 Å². The Bertz CT molecular complexity index is 394. The second-order valence-corrected chi connectivity index (χ2v) is 5.86. The highest BCUT2D eigenvalue weighted by atomic mass is 16.5. The molecule has 3 atom stereocenters. The summed E-state index contributed by atoms with van der Waals surface area (Å²) >= 11 is 0. The lowest BCUT2D eigenvalue weighted by molar-refractivity contribution is 0.247. The van der Waals surface area contributed by atoms with E-state index in [1.165, 1.54) is 25.7 Å². The fourth-order valence-electron chi connectivity index (χ4n) is 3.00. The van der Waals surface area contributed by atoms with Crippen molar-refractivity contribution in [2.75, 3.05) is 6.61 Å². The van der Waals surface area contributed by atoms with Gasteiger partial charge >= 0.3 is 0 Å². The molecule has 1 aromatic rings. The summed E-state index contributed by atoms with van der Waals surface area (Å²) in [4.78, 5) is 4.27. The Balaban J connectivity index is 2.03. The average Bonchev–Trinajstić information content (AvgIpc) is 2.44. The van der Waals surface area contributed by atoms with E-state index in [1.807, 2.05) is 6.20 Å². The van der Waals surface area contributed by atoms with Crippen LogP contribution >= 0.6 is 0 Å². The number of nitrogens with zero attached hydrogens (tertiary/aromatic N) is 1. The van der Waals surface area contributed by atoms with Crippen molar-refractivity contribution in [2.45, 2.75) is 52.0 Å². The highest BCUT2D eigenvalue weighted by Gasteiger charge is 2.25. The first-order valence-electron chi connectivity index (χ1n) is 7.54. The molecular weight excluding hydrogens is 236 g/mol. The van der Waals surface area contributed by atoms with Gasteiger partial charge in [0.25, 0.3) is 0 Å². The number of aromatic nitrogens is 1. The van der Waals surface area contributed by atoms with E-state index in [4.69, 9.17) is 10.5 Å². The molecule has 19 heavy (non-hydrogen) atoms. The number of pyridine rings is 1. The van der Waals surface area contributed by atoms with Crippen molar-refractivity contribution in [3.8, 4) is 5.75 Å². The zero-order chi connectivity index (χ0) is 13.7. The molecule has 0 bridgehead atoms. The molecule has 1 heterocycles. The number of hydrogen-bond donors (Lipinski definition) is 1. The minimum Gasteiger partial charge on any atom is -0.492 e. The van der Waals surface area contributed by atoms with Gasteiger partial charge < -0.3 is 10.5 Å². The van der Waals surface area contributed by atoms with Gasteiger partial charge in [0.05, 0.1) is 12.8 Å². The number of hydrogen-bond acceptors (Lipinski definition) is 3. The van der Waals surface area contributed by atoms with Crippen LogP contribution in [0.2, 0.25) is 0 Å². The molecule has 0 saturated heterocycles. The molecule has 1 fully saturated rings. The highest BCUT2D eigenvalue weighted by Crippen LogP contribution is 2.36. The van der Waals surface area contributed by atoms with Gasteiger partial charge in [-0.05, 0) is 42.7 Å². The van der Waals surface area contributed by atoms with E-state index >= 15 is 0 Å². The molecule has 3 heteroatoms. The number of rotatable bonds is 5. The number of ether oxygens (including phenoxy) is 1. The van der Waals surface area contributed by atoms with Crippen molar-refractivity contribution < 1.29 is 4.74 Å². The first kappa shape index (κ1) is 14.3. The molecule has 3 unspecified atom stereocenters. The van der Waals surface area contributed by atoms with Gasteiger partial charge in [0.1, 0.15) is 5.75 Å². The van der Waals surface area contributed by atoms with Gasteiger partial charge in [-0.2, -0.15) is 0 Å². The van der Waals surface area contributed by atoms with Crippen LogP contribution in [0.3, 0.4) is 0 Å². The molecule has 2 rings (SSSR count). The third-order valence-electron chi connectivity index (χ3n) is 4.08. The second-order valence-electron chi connectivity index (χ2n) is 5.86. The van der Waals surface area contributed by atoms with Crippen LogP contribution in [0.1, 0.15) is 57.6 Å². The Hall–Kier alpha value is -1.09. The minimum atomic E-state index is 0.0976. The molecule has 1 saturated carbocycles. The molecule has 3 nitrogen and oxygen atoms in total. The Morgan fingerprint density at radius 1 is 1.42 bits per heavy atom. The van der Waals surface area contributed by atoms with E-state index in [9.17, 15) is 0 Å². The molecule has 0 radical (unpaired) electrons. The summed E-state index contributed by atoms with van der Waals surface area (Å²) in [5.41, 5.74) is 7.55.